The summed E-state index contributed by atoms with van der Waals surface area (Å²) in [5.41, 5.74) is 1.75. The number of ether oxygens (including phenoxy) is 3. The fraction of sp³-hybridized carbons (Fsp3) is 0.273. The normalized spacial score (nSPS) is 11.7. The van der Waals surface area contributed by atoms with Crippen molar-refractivity contribution in [3.05, 3.63) is 65.7 Å². The summed E-state index contributed by atoms with van der Waals surface area (Å²) in [6.07, 6.45) is 2.03. The zero-order valence-electron chi connectivity index (χ0n) is 16.3. The van der Waals surface area contributed by atoms with E-state index in [0.717, 1.165) is 22.6 Å². The molecule has 1 atom stereocenters. The van der Waals surface area contributed by atoms with Gasteiger partial charge in [0.2, 0.25) is 0 Å². The predicted octanol–water partition coefficient (Wildman–Crippen LogP) is 3.36. The average molecular weight is 383 g/mol. The summed E-state index contributed by atoms with van der Waals surface area (Å²) in [6.45, 7) is 4.39. The summed E-state index contributed by atoms with van der Waals surface area (Å²) in [4.78, 5) is 24.0. The first-order valence-corrected chi connectivity index (χ1v) is 9.04. The molecule has 1 N–H and O–H groups in total. The molecular formula is C22H25NO5. The Morgan fingerprint density at radius 2 is 1.68 bits per heavy atom. The van der Waals surface area contributed by atoms with Gasteiger partial charge in [-0.15, -0.1) is 0 Å². The molecule has 0 fully saturated rings. The van der Waals surface area contributed by atoms with E-state index in [4.69, 9.17) is 14.2 Å². The van der Waals surface area contributed by atoms with Gasteiger partial charge in [-0.25, -0.2) is 4.79 Å². The molecule has 0 aromatic heterocycles. The van der Waals surface area contributed by atoms with Gasteiger partial charge in [-0.1, -0.05) is 24.3 Å². The van der Waals surface area contributed by atoms with Crippen molar-refractivity contribution in [2.75, 3.05) is 13.7 Å². The van der Waals surface area contributed by atoms with E-state index < -0.39 is 12.1 Å². The number of methoxy groups -OCH3 is 1. The van der Waals surface area contributed by atoms with Crippen molar-refractivity contribution in [3.8, 4) is 11.5 Å². The molecule has 6 nitrogen and oxygen atoms in total. The molecule has 28 heavy (non-hydrogen) atoms. The summed E-state index contributed by atoms with van der Waals surface area (Å²) in [5.74, 6) is 0.570. The Labute approximate surface area is 165 Å². The van der Waals surface area contributed by atoms with E-state index in [1.165, 1.54) is 13.0 Å². The zero-order valence-corrected chi connectivity index (χ0v) is 16.3. The lowest BCUT2D eigenvalue weighted by molar-refractivity contribution is -0.150. The lowest BCUT2D eigenvalue weighted by Crippen LogP contribution is -2.35. The van der Waals surface area contributed by atoms with Crippen LogP contribution in [0.25, 0.3) is 6.08 Å². The Bertz CT molecular complexity index is 797. The standard InChI is InChI=1S/C22H25NO5/c1-4-27-20-12-5-17(6-13-20)9-14-21(24)28-16(2)22(25)23-15-18-7-10-19(26-3)11-8-18/h5-14,16H,4,15H2,1-3H3,(H,23,25)/b14-9+/t16-/m1/s1. The zero-order chi connectivity index (χ0) is 20.4. The number of benzene rings is 2. The van der Waals surface area contributed by atoms with Gasteiger partial charge in [0.25, 0.3) is 5.91 Å². The first-order chi connectivity index (χ1) is 13.5. The van der Waals surface area contributed by atoms with Gasteiger partial charge in [0.1, 0.15) is 11.5 Å². The molecule has 0 bridgehead atoms. The highest BCUT2D eigenvalue weighted by Gasteiger charge is 2.16. The molecule has 0 saturated carbocycles. The van der Waals surface area contributed by atoms with Crippen LogP contribution < -0.4 is 14.8 Å². The van der Waals surface area contributed by atoms with E-state index in [1.807, 2.05) is 55.5 Å². The summed E-state index contributed by atoms with van der Waals surface area (Å²) in [6, 6.07) is 14.7. The molecule has 0 spiro atoms. The number of carbonyl (C=O) groups is 2. The van der Waals surface area contributed by atoms with Crippen molar-refractivity contribution in [1.29, 1.82) is 0 Å². The van der Waals surface area contributed by atoms with Crippen molar-refractivity contribution >= 4 is 18.0 Å². The molecule has 0 saturated heterocycles. The Kier molecular flexibility index (Phi) is 8.09. The molecule has 0 unspecified atom stereocenters. The minimum absolute atomic E-state index is 0.340. The fourth-order valence-corrected chi connectivity index (χ4v) is 2.35. The van der Waals surface area contributed by atoms with E-state index in [9.17, 15) is 9.59 Å². The highest BCUT2D eigenvalue weighted by molar-refractivity contribution is 5.90. The Balaban J connectivity index is 1.79. The molecule has 0 radical (unpaired) electrons. The predicted molar refractivity (Wildman–Crippen MR) is 107 cm³/mol. The first-order valence-electron chi connectivity index (χ1n) is 9.04. The van der Waals surface area contributed by atoms with Gasteiger partial charge >= 0.3 is 5.97 Å². The summed E-state index contributed by atoms with van der Waals surface area (Å²) in [7, 11) is 1.59. The third kappa shape index (κ3) is 6.79. The summed E-state index contributed by atoms with van der Waals surface area (Å²) >= 11 is 0. The minimum atomic E-state index is -0.893. The number of carbonyl (C=O) groups excluding carboxylic acids is 2. The molecule has 2 aromatic rings. The van der Waals surface area contributed by atoms with Crippen molar-refractivity contribution in [3.63, 3.8) is 0 Å². The van der Waals surface area contributed by atoms with E-state index in [0.29, 0.717) is 13.2 Å². The minimum Gasteiger partial charge on any atom is -0.497 e. The number of esters is 1. The van der Waals surface area contributed by atoms with Crippen LogP contribution in [0.3, 0.4) is 0 Å². The molecule has 2 aromatic carbocycles. The van der Waals surface area contributed by atoms with Crippen LogP contribution in [-0.2, 0) is 20.9 Å². The van der Waals surface area contributed by atoms with E-state index >= 15 is 0 Å². The largest absolute Gasteiger partial charge is 0.497 e. The molecule has 1 amide bonds. The van der Waals surface area contributed by atoms with Gasteiger partial charge < -0.3 is 19.5 Å². The monoisotopic (exact) mass is 383 g/mol. The van der Waals surface area contributed by atoms with E-state index in [2.05, 4.69) is 5.32 Å². The summed E-state index contributed by atoms with van der Waals surface area (Å²) < 4.78 is 15.6. The second kappa shape index (κ2) is 10.8. The number of rotatable bonds is 9. The maximum atomic E-state index is 12.1. The molecule has 2 rings (SSSR count). The number of hydrogen-bond donors (Lipinski definition) is 1. The molecule has 0 heterocycles. The van der Waals surface area contributed by atoms with Gasteiger partial charge in [0.15, 0.2) is 6.10 Å². The van der Waals surface area contributed by atoms with Crippen molar-refractivity contribution < 1.29 is 23.8 Å². The number of hydrogen-bond acceptors (Lipinski definition) is 5. The van der Waals surface area contributed by atoms with Gasteiger partial charge in [0.05, 0.1) is 13.7 Å². The van der Waals surface area contributed by atoms with E-state index in [-0.39, 0.29) is 5.91 Å². The van der Waals surface area contributed by atoms with Crippen LogP contribution >= 0.6 is 0 Å². The molecule has 0 aliphatic carbocycles. The van der Waals surface area contributed by atoms with Gasteiger partial charge in [-0.05, 0) is 55.3 Å². The maximum absolute atomic E-state index is 12.1. The van der Waals surface area contributed by atoms with Crippen LogP contribution in [0.15, 0.2) is 54.6 Å². The molecule has 0 aliphatic heterocycles. The topological polar surface area (TPSA) is 73.9 Å². The van der Waals surface area contributed by atoms with Crippen molar-refractivity contribution in [2.45, 2.75) is 26.5 Å². The second-order valence-electron chi connectivity index (χ2n) is 5.98. The summed E-state index contributed by atoms with van der Waals surface area (Å²) in [5, 5.41) is 2.74. The Morgan fingerprint density at radius 1 is 1.04 bits per heavy atom. The Morgan fingerprint density at radius 3 is 2.29 bits per heavy atom. The molecule has 148 valence electrons. The van der Waals surface area contributed by atoms with Gasteiger partial charge in [-0.2, -0.15) is 0 Å². The number of amides is 1. The fourth-order valence-electron chi connectivity index (χ4n) is 2.35. The molecule has 0 aliphatic rings. The lowest BCUT2D eigenvalue weighted by atomic mass is 10.2. The quantitative estimate of drug-likeness (QED) is 0.531. The molecular weight excluding hydrogens is 358 g/mol. The molecule has 6 heteroatoms. The van der Waals surface area contributed by atoms with Crippen molar-refractivity contribution in [1.82, 2.24) is 5.32 Å². The third-order valence-electron chi connectivity index (χ3n) is 3.89. The van der Waals surface area contributed by atoms with Gasteiger partial charge in [0, 0.05) is 12.6 Å². The highest BCUT2D eigenvalue weighted by Crippen LogP contribution is 2.13. The Hall–Kier alpha value is -3.28. The van der Waals surface area contributed by atoms with Crippen LogP contribution in [0.4, 0.5) is 0 Å². The first kappa shape index (κ1) is 21.0. The van der Waals surface area contributed by atoms with Crippen LogP contribution in [0.5, 0.6) is 11.5 Å². The average Bonchev–Trinajstić information content (AvgIpc) is 2.72. The van der Waals surface area contributed by atoms with Crippen molar-refractivity contribution in [2.24, 2.45) is 0 Å². The maximum Gasteiger partial charge on any atom is 0.331 e. The van der Waals surface area contributed by atoms with Crippen LogP contribution in [0.1, 0.15) is 25.0 Å². The van der Waals surface area contributed by atoms with Crippen LogP contribution in [0, 0.1) is 0 Å². The smallest absolute Gasteiger partial charge is 0.331 e. The van der Waals surface area contributed by atoms with Crippen LogP contribution in [-0.4, -0.2) is 31.7 Å². The van der Waals surface area contributed by atoms with E-state index in [1.54, 1.807) is 13.2 Å². The SMILES string of the molecule is CCOc1ccc(/C=C/C(=O)O[C@H](C)C(=O)NCc2ccc(OC)cc2)cc1. The lowest BCUT2D eigenvalue weighted by Gasteiger charge is -2.12. The second-order valence-corrected chi connectivity index (χ2v) is 5.98. The van der Waals surface area contributed by atoms with Crippen LogP contribution in [0.2, 0.25) is 0 Å². The highest BCUT2D eigenvalue weighted by atomic mass is 16.5. The van der Waals surface area contributed by atoms with Gasteiger partial charge in [-0.3, -0.25) is 4.79 Å². The third-order valence-corrected chi connectivity index (χ3v) is 3.89. The number of nitrogens with one attached hydrogen (secondary N) is 1.